The highest BCUT2D eigenvalue weighted by Crippen LogP contribution is 2.31. The lowest BCUT2D eigenvalue weighted by atomic mass is 9.98. The molecule has 0 fully saturated rings. The minimum atomic E-state index is -1.26. The van der Waals surface area contributed by atoms with Crippen molar-refractivity contribution in [1.29, 1.82) is 0 Å². The van der Waals surface area contributed by atoms with Gasteiger partial charge in [-0.25, -0.2) is 9.59 Å². The second-order valence-electron chi connectivity index (χ2n) is 6.77. The lowest BCUT2D eigenvalue weighted by Crippen LogP contribution is -2.34. The van der Waals surface area contributed by atoms with Gasteiger partial charge in [0.2, 0.25) is 0 Å². The number of carbonyl (C=O) groups is 2. The van der Waals surface area contributed by atoms with Crippen molar-refractivity contribution in [3.63, 3.8) is 0 Å². The van der Waals surface area contributed by atoms with E-state index < -0.39 is 11.9 Å². The zero-order chi connectivity index (χ0) is 21.6. The van der Waals surface area contributed by atoms with Gasteiger partial charge >= 0.3 is 11.9 Å². The third-order valence-corrected chi connectivity index (χ3v) is 4.56. The summed E-state index contributed by atoms with van der Waals surface area (Å²) in [6, 6.07) is 5.58. The zero-order valence-electron chi connectivity index (χ0n) is 16.2. The predicted molar refractivity (Wildman–Crippen MR) is 109 cm³/mol. The van der Waals surface area contributed by atoms with Crippen LogP contribution in [0.25, 0.3) is 16.5 Å². The monoisotopic (exact) mass is 401 g/mol. The van der Waals surface area contributed by atoms with Crippen molar-refractivity contribution in [2.75, 3.05) is 13.1 Å². The number of nitrogens with zero attached hydrogens (tertiary/aromatic N) is 2. The smallest absolute Gasteiger partial charge is 0.328 e. The summed E-state index contributed by atoms with van der Waals surface area (Å²) in [5, 5.41) is 27.5. The highest BCUT2D eigenvalue weighted by Gasteiger charge is 2.18. The highest BCUT2D eigenvalue weighted by molar-refractivity contribution is 5.94. The second-order valence-corrected chi connectivity index (χ2v) is 6.77. The summed E-state index contributed by atoms with van der Waals surface area (Å²) in [4.78, 5) is 35.2. The van der Waals surface area contributed by atoms with Crippen molar-refractivity contribution in [3.8, 4) is 0 Å². The van der Waals surface area contributed by atoms with Gasteiger partial charge in [0.05, 0.1) is 10.4 Å². The van der Waals surface area contributed by atoms with Crippen LogP contribution in [-0.2, 0) is 9.59 Å². The van der Waals surface area contributed by atoms with E-state index in [2.05, 4.69) is 29.8 Å². The second kappa shape index (κ2) is 9.65. The summed E-state index contributed by atoms with van der Waals surface area (Å²) < 4.78 is 0. The molecule has 9 nitrogen and oxygen atoms in total. The number of rotatable bonds is 5. The van der Waals surface area contributed by atoms with Gasteiger partial charge in [0.25, 0.3) is 5.69 Å². The van der Waals surface area contributed by atoms with E-state index in [9.17, 15) is 19.7 Å². The van der Waals surface area contributed by atoms with Gasteiger partial charge in [-0.2, -0.15) is 0 Å². The fourth-order valence-electron chi connectivity index (χ4n) is 3.03. The molecule has 3 rings (SSSR count). The molecule has 0 unspecified atom stereocenters. The molecule has 0 amide bonds. The third-order valence-electron chi connectivity index (χ3n) is 4.56. The molecule has 0 saturated heterocycles. The molecule has 9 heteroatoms. The van der Waals surface area contributed by atoms with Crippen molar-refractivity contribution >= 4 is 34.1 Å². The number of aromatic amines is 1. The van der Waals surface area contributed by atoms with E-state index in [1.165, 1.54) is 11.1 Å². The molecule has 154 valence electrons. The van der Waals surface area contributed by atoms with Crippen molar-refractivity contribution in [2.24, 2.45) is 0 Å². The number of carboxylic acids is 2. The Labute approximate surface area is 167 Å². The Kier molecular flexibility index (Phi) is 7.27. The molecule has 1 aliphatic heterocycles. The molecule has 2 heterocycles. The highest BCUT2D eigenvalue weighted by atomic mass is 16.6. The Morgan fingerprint density at radius 3 is 2.38 bits per heavy atom. The number of nitrogens with one attached hydrogen (secondary N) is 1. The summed E-state index contributed by atoms with van der Waals surface area (Å²) >= 11 is 0. The quantitative estimate of drug-likeness (QED) is 0.397. The number of fused-ring (bicyclic) bond motifs is 1. The van der Waals surface area contributed by atoms with E-state index in [0.717, 1.165) is 30.4 Å². The summed E-state index contributed by atoms with van der Waals surface area (Å²) in [6.45, 7) is 6.45. The Bertz CT molecular complexity index is 958. The molecule has 0 atom stereocenters. The number of non-ortho nitro benzene ring substituents is 1. The number of aromatic nitrogens is 1. The van der Waals surface area contributed by atoms with Gasteiger partial charge in [0.1, 0.15) is 0 Å². The minimum Gasteiger partial charge on any atom is -0.478 e. The fraction of sp³-hybridized carbons (Fsp3) is 0.300. The van der Waals surface area contributed by atoms with Crippen LogP contribution in [0.1, 0.15) is 25.8 Å². The summed E-state index contributed by atoms with van der Waals surface area (Å²) in [5.41, 5.74) is 3.45. The third kappa shape index (κ3) is 6.01. The van der Waals surface area contributed by atoms with Gasteiger partial charge in [-0.3, -0.25) is 15.0 Å². The molecule has 2 aromatic rings. The largest absolute Gasteiger partial charge is 0.478 e. The molecule has 0 saturated carbocycles. The first-order valence-electron chi connectivity index (χ1n) is 9.02. The van der Waals surface area contributed by atoms with Crippen LogP contribution in [0.5, 0.6) is 0 Å². The Morgan fingerprint density at radius 2 is 1.90 bits per heavy atom. The molecule has 0 bridgehead atoms. The van der Waals surface area contributed by atoms with Crippen molar-refractivity contribution in [3.05, 3.63) is 58.3 Å². The number of H-pyrrole nitrogens is 1. The number of carboxylic acid groups (broad SMARTS) is 2. The number of nitro groups is 1. The number of aliphatic carboxylic acids is 2. The number of hydrogen-bond acceptors (Lipinski definition) is 5. The van der Waals surface area contributed by atoms with Gasteiger partial charge in [-0.15, -0.1) is 0 Å². The van der Waals surface area contributed by atoms with Gasteiger partial charge in [-0.1, -0.05) is 6.08 Å². The van der Waals surface area contributed by atoms with E-state index in [1.54, 1.807) is 12.1 Å². The van der Waals surface area contributed by atoms with E-state index in [-0.39, 0.29) is 10.6 Å². The Hall–Kier alpha value is -3.46. The normalized spacial score (nSPS) is 14.5. The molecular formula is C20H23N3O6. The van der Waals surface area contributed by atoms with Gasteiger partial charge < -0.3 is 15.2 Å². The van der Waals surface area contributed by atoms with Crippen LogP contribution in [0.2, 0.25) is 0 Å². The summed E-state index contributed by atoms with van der Waals surface area (Å²) in [5.74, 6) is -2.51. The fourth-order valence-corrected chi connectivity index (χ4v) is 3.03. The first-order valence-corrected chi connectivity index (χ1v) is 9.02. The Morgan fingerprint density at radius 1 is 1.24 bits per heavy atom. The molecular weight excluding hydrogens is 378 g/mol. The average Bonchev–Trinajstić information content (AvgIpc) is 3.10. The van der Waals surface area contributed by atoms with Crippen LogP contribution in [0.3, 0.4) is 0 Å². The standard InChI is InChI=1S/C16H19N3O2.C4H4O4/c1-11(2)18-7-5-12(6-8-18)15-10-17-16-9-13(19(20)21)3-4-14(15)16;5-3(6)1-2-4(7)8/h3-5,9-11,17H,6-8H2,1-2H3;1-2H,(H,5,6)(H,7,8). The van der Waals surface area contributed by atoms with E-state index >= 15 is 0 Å². The molecule has 1 aromatic heterocycles. The van der Waals surface area contributed by atoms with Crippen molar-refractivity contribution < 1.29 is 24.7 Å². The van der Waals surface area contributed by atoms with Crippen LogP contribution in [-0.4, -0.2) is 56.1 Å². The van der Waals surface area contributed by atoms with Crippen LogP contribution in [0, 0.1) is 10.1 Å². The van der Waals surface area contributed by atoms with Crippen molar-refractivity contribution in [1.82, 2.24) is 9.88 Å². The predicted octanol–water partition coefficient (Wildman–Crippen LogP) is 3.29. The first-order chi connectivity index (χ1) is 13.7. The zero-order valence-corrected chi connectivity index (χ0v) is 16.2. The van der Waals surface area contributed by atoms with Crippen LogP contribution < -0.4 is 0 Å². The van der Waals surface area contributed by atoms with Crippen LogP contribution in [0.4, 0.5) is 5.69 Å². The lowest BCUT2D eigenvalue weighted by molar-refractivity contribution is -0.384. The number of nitro benzene ring substituents is 1. The minimum absolute atomic E-state index is 0.125. The molecule has 0 spiro atoms. The average molecular weight is 401 g/mol. The Balaban J connectivity index is 0.000000321. The maximum Gasteiger partial charge on any atom is 0.328 e. The van der Waals surface area contributed by atoms with E-state index in [1.807, 2.05) is 12.3 Å². The van der Waals surface area contributed by atoms with Gasteiger partial charge in [0, 0.05) is 60.6 Å². The first kappa shape index (κ1) is 21.8. The number of hydrogen-bond donors (Lipinski definition) is 3. The maximum atomic E-state index is 10.8. The lowest BCUT2D eigenvalue weighted by Gasteiger charge is -2.29. The molecule has 29 heavy (non-hydrogen) atoms. The number of benzene rings is 1. The molecule has 1 aliphatic rings. The molecule has 0 aliphatic carbocycles. The maximum absolute atomic E-state index is 10.8. The SMILES string of the molecule is CC(C)N1CC=C(c2c[nH]c3cc([N+](=O)[O-])ccc23)CC1.O=C(O)C=CC(=O)O. The molecule has 3 N–H and O–H groups in total. The molecule has 1 aromatic carbocycles. The van der Waals surface area contributed by atoms with Gasteiger partial charge in [-0.05, 0) is 31.9 Å². The summed E-state index contributed by atoms with van der Waals surface area (Å²) in [7, 11) is 0. The molecule has 0 radical (unpaired) electrons. The topological polar surface area (TPSA) is 137 Å². The van der Waals surface area contributed by atoms with E-state index in [0.29, 0.717) is 18.2 Å². The van der Waals surface area contributed by atoms with E-state index in [4.69, 9.17) is 10.2 Å². The van der Waals surface area contributed by atoms with Crippen LogP contribution in [0.15, 0.2) is 42.6 Å². The van der Waals surface area contributed by atoms with Crippen LogP contribution >= 0.6 is 0 Å². The van der Waals surface area contributed by atoms with Gasteiger partial charge in [0.15, 0.2) is 0 Å². The summed E-state index contributed by atoms with van der Waals surface area (Å²) in [6.07, 6.45) is 6.37. The van der Waals surface area contributed by atoms with Crippen molar-refractivity contribution in [2.45, 2.75) is 26.3 Å².